The number of nitrogens with one attached hydrogen (secondary N) is 2. The number of amides is 1. The minimum atomic E-state index is -0.400. The Morgan fingerprint density at radius 1 is 1.14 bits per heavy atom. The van der Waals surface area contributed by atoms with Crippen molar-refractivity contribution in [1.82, 2.24) is 10.6 Å². The van der Waals surface area contributed by atoms with E-state index in [1.165, 1.54) is 5.56 Å². The average molecular weight is 399 g/mol. The molecule has 3 nitrogen and oxygen atoms in total. The number of carbonyl (C=O) groups excluding carboxylic acids is 1. The van der Waals surface area contributed by atoms with Gasteiger partial charge in [0.15, 0.2) is 0 Å². The summed E-state index contributed by atoms with van der Waals surface area (Å²) >= 11 is 0. The van der Waals surface area contributed by atoms with Gasteiger partial charge in [0.25, 0.3) is 0 Å². The molecule has 29 heavy (non-hydrogen) atoms. The number of hydrogen-bond acceptors (Lipinski definition) is 2. The van der Waals surface area contributed by atoms with Gasteiger partial charge in [-0.25, -0.2) is 0 Å². The van der Waals surface area contributed by atoms with Crippen LogP contribution in [-0.2, 0) is 10.2 Å². The summed E-state index contributed by atoms with van der Waals surface area (Å²) in [5, 5.41) is 6.93. The van der Waals surface area contributed by atoms with Crippen LogP contribution in [0.3, 0.4) is 0 Å². The maximum Gasteiger partial charge on any atom is 0.226 e. The number of benzene rings is 1. The number of rotatable bonds is 4. The molecule has 4 saturated carbocycles. The Labute approximate surface area is 174 Å². The van der Waals surface area contributed by atoms with E-state index in [1.54, 1.807) is 0 Å². The van der Waals surface area contributed by atoms with Crippen LogP contribution in [0.25, 0.3) is 0 Å². The quantitative estimate of drug-likeness (QED) is 0.791. The molecule has 5 aliphatic rings. The number of alkyl halides is 1. The maximum absolute atomic E-state index is 14.5. The highest BCUT2D eigenvalue weighted by Crippen LogP contribution is 2.70. The Morgan fingerprint density at radius 3 is 2.66 bits per heavy atom. The van der Waals surface area contributed by atoms with Gasteiger partial charge in [-0.3, -0.25) is 9.18 Å². The van der Waals surface area contributed by atoms with Crippen LogP contribution in [0.4, 0.5) is 4.39 Å². The van der Waals surface area contributed by atoms with Gasteiger partial charge in [-0.1, -0.05) is 44.2 Å². The summed E-state index contributed by atoms with van der Waals surface area (Å²) in [6.45, 7) is 6.06. The van der Waals surface area contributed by atoms with Gasteiger partial charge in [-0.15, -0.1) is 0 Å². The molecule has 0 radical (unpaired) electrons. The van der Waals surface area contributed by atoms with Crippen molar-refractivity contribution >= 4 is 5.91 Å². The van der Waals surface area contributed by atoms with Crippen LogP contribution >= 0.6 is 0 Å². The van der Waals surface area contributed by atoms with Gasteiger partial charge in [0, 0.05) is 18.0 Å². The van der Waals surface area contributed by atoms with Crippen molar-refractivity contribution in [3.05, 3.63) is 35.9 Å². The predicted octanol–water partition coefficient (Wildman–Crippen LogP) is 4.37. The zero-order chi connectivity index (χ0) is 20.3. The molecule has 3 unspecified atom stereocenters. The first-order chi connectivity index (χ1) is 13.8. The molecule has 4 aliphatic carbocycles. The second kappa shape index (κ2) is 6.54. The summed E-state index contributed by atoms with van der Waals surface area (Å²) in [4.78, 5) is 13.8. The van der Waals surface area contributed by atoms with E-state index in [4.69, 9.17) is 0 Å². The molecule has 4 bridgehead atoms. The van der Waals surface area contributed by atoms with E-state index in [1.807, 2.05) is 0 Å². The molecule has 5 fully saturated rings. The summed E-state index contributed by atoms with van der Waals surface area (Å²) in [6, 6.07) is 10.9. The van der Waals surface area contributed by atoms with Crippen molar-refractivity contribution in [3.63, 3.8) is 0 Å². The third kappa shape index (κ3) is 3.05. The summed E-state index contributed by atoms with van der Waals surface area (Å²) in [6.07, 6.45) is 6.53. The molecule has 158 valence electrons. The molecule has 0 aromatic heterocycles. The molecule has 1 aromatic carbocycles. The lowest BCUT2D eigenvalue weighted by Crippen LogP contribution is -2.65. The number of carbonyl (C=O) groups is 1. The van der Waals surface area contributed by atoms with Crippen LogP contribution < -0.4 is 10.6 Å². The van der Waals surface area contributed by atoms with Crippen LogP contribution in [0.5, 0.6) is 0 Å². The first kappa shape index (κ1) is 19.5. The van der Waals surface area contributed by atoms with Crippen LogP contribution in [0.15, 0.2) is 30.3 Å². The Morgan fingerprint density at radius 2 is 1.93 bits per heavy atom. The minimum absolute atomic E-state index is 0.0340. The molecular weight excluding hydrogens is 363 g/mol. The lowest BCUT2D eigenvalue weighted by atomic mass is 9.38. The monoisotopic (exact) mass is 398 g/mol. The summed E-state index contributed by atoms with van der Waals surface area (Å²) in [5.74, 6) is 0.675. The number of piperidine rings is 1. The highest BCUT2D eigenvalue weighted by Gasteiger charge is 2.66. The number of hydrogen-bond donors (Lipinski definition) is 2. The van der Waals surface area contributed by atoms with E-state index in [0.29, 0.717) is 5.92 Å². The van der Waals surface area contributed by atoms with Crippen molar-refractivity contribution in [2.75, 3.05) is 19.8 Å². The van der Waals surface area contributed by atoms with Crippen LogP contribution in [0.2, 0.25) is 0 Å². The molecule has 1 aromatic rings. The first-order valence-electron chi connectivity index (χ1n) is 11.4. The molecule has 2 N–H and O–H groups in total. The second-order valence-electron chi connectivity index (χ2n) is 11.5. The predicted molar refractivity (Wildman–Crippen MR) is 113 cm³/mol. The topological polar surface area (TPSA) is 41.1 Å². The number of halogens is 1. The molecule has 1 aliphatic heterocycles. The van der Waals surface area contributed by atoms with Gasteiger partial charge in [-0.2, -0.15) is 0 Å². The average Bonchev–Trinajstić information content (AvgIpc) is 2.69. The van der Waals surface area contributed by atoms with E-state index >= 15 is 0 Å². The van der Waals surface area contributed by atoms with Crippen molar-refractivity contribution in [2.45, 2.75) is 70.3 Å². The molecule has 4 heteroatoms. The zero-order valence-corrected chi connectivity index (χ0v) is 17.9. The van der Waals surface area contributed by atoms with Crippen molar-refractivity contribution in [1.29, 1.82) is 0 Å². The second-order valence-corrected chi connectivity index (χ2v) is 11.5. The van der Waals surface area contributed by atoms with Crippen molar-refractivity contribution in [3.8, 4) is 0 Å². The van der Waals surface area contributed by atoms with Crippen LogP contribution in [0.1, 0.15) is 64.4 Å². The van der Waals surface area contributed by atoms with Gasteiger partial charge in [0.2, 0.25) is 5.91 Å². The first-order valence-corrected chi connectivity index (χ1v) is 11.4. The molecular formula is C25H35FN2O. The molecule has 1 heterocycles. The normalized spacial score (nSPS) is 42.6. The Balaban J connectivity index is 1.48. The summed E-state index contributed by atoms with van der Waals surface area (Å²) < 4.78 is 14.5. The SMILES string of the molecule is CC1(C)CNCCC1NC(=O)C12CC3C[C@@](CF)(C1)C[C@](c1ccccc1)(C3)C2. The highest BCUT2D eigenvalue weighted by molar-refractivity contribution is 5.84. The molecule has 1 amide bonds. The van der Waals surface area contributed by atoms with Gasteiger partial charge in [0.1, 0.15) is 0 Å². The highest BCUT2D eigenvalue weighted by atomic mass is 19.1. The summed E-state index contributed by atoms with van der Waals surface area (Å²) in [5.41, 5.74) is 0.624. The lowest BCUT2D eigenvalue weighted by molar-refractivity contribution is -0.166. The Kier molecular flexibility index (Phi) is 4.40. The third-order valence-corrected chi connectivity index (χ3v) is 8.77. The van der Waals surface area contributed by atoms with E-state index < -0.39 is 5.41 Å². The Bertz CT molecular complexity index is 795. The fraction of sp³-hybridized carbons (Fsp3) is 0.720. The molecule has 6 rings (SSSR count). The fourth-order valence-electron chi connectivity index (χ4n) is 7.90. The van der Waals surface area contributed by atoms with E-state index in [2.05, 4.69) is 54.8 Å². The van der Waals surface area contributed by atoms with Crippen LogP contribution in [-0.4, -0.2) is 31.7 Å². The molecule has 0 spiro atoms. The maximum atomic E-state index is 14.5. The van der Waals surface area contributed by atoms with E-state index in [-0.39, 0.29) is 34.9 Å². The van der Waals surface area contributed by atoms with Crippen LogP contribution in [0, 0.1) is 22.2 Å². The standard InChI is InChI=1S/C25H35FN2O/c1-22(2)17-27-9-8-20(22)28-21(29)25-12-18-10-23(14-25,16-26)13-24(11-18,15-25)19-6-4-3-5-7-19/h3-7,18,20,27H,8-17H2,1-2H3,(H,28,29)/t18?,20?,23-,24+,25?/m0/s1. The largest absolute Gasteiger partial charge is 0.352 e. The zero-order valence-electron chi connectivity index (χ0n) is 17.9. The molecule has 5 atom stereocenters. The Hall–Kier alpha value is -1.42. The van der Waals surface area contributed by atoms with Gasteiger partial charge >= 0.3 is 0 Å². The van der Waals surface area contributed by atoms with Crippen molar-refractivity contribution < 1.29 is 9.18 Å². The molecule has 1 saturated heterocycles. The van der Waals surface area contributed by atoms with E-state index in [0.717, 1.165) is 58.0 Å². The smallest absolute Gasteiger partial charge is 0.226 e. The fourth-order valence-corrected chi connectivity index (χ4v) is 7.90. The van der Waals surface area contributed by atoms with Gasteiger partial charge < -0.3 is 10.6 Å². The summed E-state index contributed by atoms with van der Waals surface area (Å²) in [7, 11) is 0. The third-order valence-electron chi connectivity index (χ3n) is 8.77. The minimum Gasteiger partial charge on any atom is -0.352 e. The lowest BCUT2D eigenvalue weighted by Gasteiger charge is -2.65. The van der Waals surface area contributed by atoms with Gasteiger partial charge in [0.05, 0.1) is 12.1 Å². The van der Waals surface area contributed by atoms with E-state index in [9.17, 15) is 9.18 Å². The van der Waals surface area contributed by atoms with Crippen molar-refractivity contribution in [2.24, 2.45) is 22.2 Å². The van der Waals surface area contributed by atoms with Gasteiger partial charge in [-0.05, 0) is 73.8 Å².